The summed E-state index contributed by atoms with van der Waals surface area (Å²) < 4.78 is 41.5. The van der Waals surface area contributed by atoms with E-state index in [0.717, 1.165) is 54.5 Å². The van der Waals surface area contributed by atoms with Gasteiger partial charge in [0.25, 0.3) is 0 Å². The highest BCUT2D eigenvalue weighted by Gasteiger charge is 2.54. The Morgan fingerprint density at radius 3 is 2.65 bits per heavy atom. The minimum absolute atomic E-state index is 0.0798. The van der Waals surface area contributed by atoms with E-state index in [4.69, 9.17) is 11.6 Å². The molecule has 0 atom stereocenters. The number of halogens is 4. The van der Waals surface area contributed by atoms with Gasteiger partial charge in [-0.1, -0.05) is 11.6 Å². The van der Waals surface area contributed by atoms with Crippen molar-refractivity contribution in [3.8, 4) is 5.69 Å². The van der Waals surface area contributed by atoms with Crippen LogP contribution in [0.15, 0.2) is 30.6 Å². The van der Waals surface area contributed by atoms with Crippen LogP contribution in [0.25, 0.3) is 5.69 Å². The fraction of sp³-hybridized carbons (Fsp3) is 0.478. The number of benzene rings is 1. The lowest BCUT2D eigenvalue weighted by molar-refractivity contribution is -0.148. The largest absolute Gasteiger partial charge is 0.401 e. The molecule has 1 spiro atoms. The van der Waals surface area contributed by atoms with Gasteiger partial charge in [-0.25, -0.2) is 4.98 Å². The van der Waals surface area contributed by atoms with Gasteiger partial charge in [-0.3, -0.25) is 14.5 Å². The molecular weight excluding hydrogens is 467 g/mol. The van der Waals surface area contributed by atoms with Gasteiger partial charge in [-0.15, -0.1) is 10.2 Å². The third-order valence-electron chi connectivity index (χ3n) is 7.04. The molecule has 7 nitrogen and oxygen atoms in total. The molecule has 11 heteroatoms. The standard InChI is InChI=1S/C23H23ClF3N7/c1-14-7-28-8-19(29-14)33-11-22(12-33)5-16(6-22)21-31-30-20-10-32(13-23(25,26)27)9-15-4-17(24)2-3-18(15)34(20)21/h2-4,7-8,16H,5-6,9-13H2,1H3. The van der Waals surface area contributed by atoms with Gasteiger partial charge in [-0.2, -0.15) is 13.2 Å². The van der Waals surface area contributed by atoms with E-state index in [1.54, 1.807) is 24.5 Å². The Morgan fingerprint density at radius 1 is 1.12 bits per heavy atom. The third-order valence-corrected chi connectivity index (χ3v) is 7.28. The zero-order valence-corrected chi connectivity index (χ0v) is 19.3. The van der Waals surface area contributed by atoms with Crippen LogP contribution in [-0.2, 0) is 13.1 Å². The van der Waals surface area contributed by atoms with E-state index >= 15 is 0 Å². The molecule has 1 saturated heterocycles. The molecule has 3 aliphatic rings. The highest BCUT2D eigenvalue weighted by atomic mass is 35.5. The molecule has 1 saturated carbocycles. The molecule has 0 amide bonds. The van der Waals surface area contributed by atoms with Crippen molar-refractivity contribution in [3.63, 3.8) is 0 Å². The SMILES string of the molecule is Cc1cncc(N2CC3(CC(c4nnc5n4-c4ccc(Cl)cc4CN(CC(F)(F)F)C5)C3)C2)n1. The van der Waals surface area contributed by atoms with Gasteiger partial charge in [0.1, 0.15) is 11.6 Å². The number of hydrogen-bond acceptors (Lipinski definition) is 6. The van der Waals surface area contributed by atoms with Crippen LogP contribution in [0.2, 0.25) is 5.02 Å². The fourth-order valence-corrected chi connectivity index (χ4v) is 5.87. The Balaban J connectivity index is 1.24. The van der Waals surface area contributed by atoms with Gasteiger partial charge in [0.05, 0.1) is 30.7 Å². The molecule has 0 unspecified atom stereocenters. The summed E-state index contributed by atoms with van der Waals surface area (Å²) in [6, 6.07) is 5.37. The van der Waals surface area contributed by atoms with Gasteiger partial charge in [0, 0.05) is 42.2 Å². The normalized spacial score (nSPS) is 19.9. The second kappa shape index (κ2) is 7.64. The Hall–Kier alpha value is -2.72. The first kappa shape index (κ1) is 21.8. The number of alkyl halides is 3. The number of fused-ring (bicyclic) bond motifs is 3. The minimum Gasteiger partial charge on any atom is -0.354 e. The zero-order chi connectivity index (χ0) is 23.7. The summed E-state index contributed by atoms with van der Waals surface area (Å²) in [6.07, 6.45) is 1.18. The predicted molar refractivity (Wildman–Crippen MR) is 120 cm³/mol. The number of hydrogen-bond donors (Lipinski definition) is 0. The van der Waals surface area contributed by atoms with Crippen LogP contribution < -0.4 is 4.90 Å². The number of nitrogens with zero attached hydrogens (tertiary/aromatic N) is 7. The summed E-state index contributed by atoms with van der Waals surface area (Å²) in [5.74, 6) is 2.48. The Labute approximate surface area is 199 Å². The molecule has 6 rings (SSSR count). The van der Waals surface area contributed by atoms with Crippen molar-refractivity contribution in [2.24, 2.45) is 5.41 Å². The van der Waals surface area contributed by atoms with Crippen LogP contribution >= 0.6 is 11.6 Å². The molecule has 0 bridgehead atoms. The van der Waals surface area contributed by atoms with Crippen LogP contribution in [-0.4, -0.2) is 55.4 Å². The second-order valence-electron chi connectivity index (χ2n) is 9.82. The van der Waals surface area contributed by atoms with Crippen LogP contribution in [0.1, 0.15) is 41.7 Å². The zero-order valence-electron chi connectivity index (χ0n) is 18.6. The molecular formula is C23H23ClF3N7. The van der Waals surface area contributed by atoms with Gasteiger partial charge in [-0.05, 0) is 43.5 Å². The number of aromatic nitrogens is 5. The first-order valence-corrected chi connectivity index (χ1v) is 11.6. The van der Waals surface area contributed by atoms with E-state index in [0.29, 0.717) is 10.8 Å². The van der Waals surface area contributed by atoms with Crippen molar-refractivity contribution in [2.45, 2.75) is 44.9 Å². The van der Waals surface area contributed by atoms with Gasteiger partial charge < -0.3 is 4.90 Å². The summed E-state index contributed by atoms with van der Waals surface area (Å²) >= 11 is 6.19. The molecule has 34 heavy (non-hydrogen) atoms. The summed E-state index contributed by atoms with van der Waals surface area (Å²) in [5.41, 5.74) is 2.68. The maximum atomic E-state index is 13.2. The highest BCUT2D eigenvalue weighted by molar-refractivity contribution is 6.30. The molecule has 3 aromatic rings. The van der Waals surface area contributed by atoms with Gasteiger partial charge in [0.15, 0.2) is 5.82 Å². The number of anilines is 1. The maximum absolute atomic E-state index is 13.2. The minimum atomic E-state index is -4.30. The van der Waals surface area contributed by atoms with Gasteiger partial charge in [0.2, 0.25) is 0 Å². The smallest absolute Gasteiger partial charge is 0.354 e. The van der Waals surface area contributed by atoms with Crippen LogP contribution in [0.3, 0.4) is 0 Å². The first-order valence-electron chi connectivity index (χ1n) is 11.2. The lowest BCUT2D eigenvalue weighted by Gasteiger charge is -2.59. The Bertz CT molecular complexity index is 1240. The van der Waals surface area contributed by atoms with Crippen LogP contribution in [0.4, 0.5) is 19.0 Å². The number of aryl methyl sites for hydroxylation is 1. The quantitative estimate of drug-likeness (QED) is 0.547. The van der Waals surface area contributed by atoms with Crippen molar-refractivity contribution in [1.82, 2.24) is 29.6 Å². The van der Waals surface area contributed by atoms with Crippen molar-refractivity contribution in [3.05, 3.63) is 58.5 Å². The number of rotatable bonds is 3. The molecule has 0 radical (unpaired) electrons. The van der Waals surface area contributed by atoms with Crippen molar-refractivity contribution >= 4 is 17.4 Å². The van der Waals surface area contributed by atoms with Crippen LogP contribution in [0.5, 0.6) is 0 Å². The molecule has 1 aliphatic carbocycles. The predicted octanol–water partition coefficient (Wildman–Crippen LogP) is 4.28. The topological polar surface area (TPSA) is 63.0 Å². The van der Waals surface area contributed by atoms with E-state index < -0.39 is 12.7 Å². The van der Waals surface area contributed by atoms with Crippen molar-refractivity contribution in [2.75, 3.05) is 24.5 Å². The summed E-state index contributed by atoms with van der Waals surface area (Å²) in [7, 11) is 0. The third kappa shape index (κ3) is 3.82. The lowest BCUT2D eigenvalue weighted by Crippen LogP contribution is -2.62. The lowest BCUT2D eigenvalue weighted by atomic mass is 9.57. The summed E-state index contributed by atoms with van der Waals surface area (Å²) in [6.45, 7) is 3.01. The van der Waals surface area contributed by atoms with E-state index in [2.05, 4.69) is 25.1 Å². The summed E-state index contributed by atoms with van der Waals surface area (Å²) in [5, 5.41) is 9.29. The van der Waals surface area contributed by atoms with E-state index in [1.165, 1.54) is 4.90 Å². The molecule has 2 aromatic heterocycles. The molecule has 4 heterocycles. The van der Waals surface area contributed by atoms with Crippen molar-refractivity contribution < 1.29 is 13.2 Å². The van der Waals surface area contributed by atoms with Gasteiger partial charge >= 0.3 is 6.18 Å². The first-order chi connectivity index (χ1) is 16.2. The van der Waals surface area contributed by atoms with Crippen molar-refractivity contribution in [1.29, 1.82) is 0 Å². The monoisotopic (exact) mass is 489 g/mol. The Morgan fingerprint density at radius 2 is 1.91 bits per heavy atom. The molecule has 2 fully saturated rings. The maximum Gasteiger partial charge on any atom is 0.401 e. The Kier molecular flexibility index (Phi) is 4.90. The molecule has 0 N–H and O–H groups in total. The molecule has 178 valence electrons. The second-order valence-corrected chi connectivity index (χ2v) is 10.3. The fourth-order valence-electron chi connectivity index (χ4n) is 5.68. The molecule has 2 aliphatic heterocycles. The average molecular weight is 490 g/mol. The van der Waals surface area contributed by atoms with E-state index in [9.17, 15) is 13.2 Å². The average Bonchev–Trinajstić information content (AvgIpc) is 3.01. The molecule has 1 aromatic carbocycles. The van der Waals surface area contributed by atoms with E-state index in [-0.39, 0.29) is 24.4 Å². The van der Waals surface area contributed by atoms with Crippen LogP contribution in [0, 0.1) is 12.3 Å². The highest BCUT2D eigenvalue weighted by Crippen LogP contribution is 2.56. The summed E-state index contributed by atoms with van der Waals surface area (Å²) in [4.78, 5) is 12.4. The van der Waals surface area contributed by atoms with E-state index in [1.807, 2.05) is 17.6 Å².